The molecule has 0 saturated heterocycles. The smallest absolute Gasteiger partial charge is 0.307 e. The Kier molecular flexibility index (Phi) is 14.8. The Labute approximate surface area is 216 Å². The maximum atomic E-state index is 12.5. The zero-order chi connectivity index (χ0) is 26.3. The van der Waals surface area contributed by atoms with Gasteiger partial charge in [0.2, 0.25) is 0 Å². The molecule has 5 heteroatoms. The highest BCUT2D eigenvalue weighted by atomic mass is 28.4. The maximum Gasteiger partial charge on any atom is 0.307 e. The van der Waals surface area contributed by atoms with Gasteiger partial charge in [0.25, 0.3) is 0 Å². The fourth-order valence-corrected chi connectivity index (χ4v) is 5.84. The molecule has 0 saturated carbocycles. The quantitative estimate of drug-likeness (QED) is 0.0876. The first-order chi connectivity index (χ1) is 16.5. The number of allylic oxidation sites excluding steroid dienone is 2. The van der Waals surface area contributed by atoms with E-state index in [4.69, 9.17) is 9.53 Å². The van der Waals surface area contributed by atoms with Crippen LogP contribution in [0.15, 0.2) is 29.5 Å². The molecule has 0 radical (unpaired) electrons. The number of rotatable bonds is 18. The van der Waals surface area contributed by atoms with Crippen molar-refractivity contribution in [3.8, 4) is 0 Å². The highest BCUT2D eigenvalue weighted by molar-refractivity contribution is 6.74. The highest BCUT2D eigenvalue weighted by Gasteiger charge is 2.39. The Morgan fingerprint density at radius 2 is 1.80 bits per heavy atom. The van der Waals surface area contributed by atoms with Gasteiger partial charge in [-0.15, -0.1) is 5.73 Å². The van der Waals surface area contributed by atoms with Crippen LogP contribution in [0.4, 0.5) is 0 Å². The van der Waals surface area contributed by atoms with Crippen molar-refractivity contribution in [1.29, 1.82) is 0 Å². The van der Waals surface area contributed by atoms with E-state index in [1.165, 1.54) is 56.6 Å². The first kappa shape index (κ1) is 31.6. The Morgan fingerprint density at radius 1 is 1.14 bits per heavy atom. The van der Waals surface area contributed by atoms with Crippen molar-refractivity contribution in [3.63, 3.8) is 0 Å². The number of carbonyl (C=O) groups is 2. The predicted molar refractivity (Wildman–Crippen MR) is 149 cm³/mol. The van der Waals surface area contributed by atoms with Crippen molar-refractivity contribution in [2.24, 2.45) is 5.92 Å². The molecule has 1 rings (SSSR count). The molecule has 35 heavy (non-hydrogen) atoms. The molecule has 0 heterocycles. The van der Waals surface area contributed by atoms with Crippen LogP contribution >= 0.6 is 0 Å². The summed E-state index contributed by atoms with van der Waals surface area (Å²) in [6.45, 7) is 13.9. The van der Waals surface area contributed by atoms with Gasteiger partial charge in [-0.2, -0.15) is 0 Å². The molecule has 200 valence electrons. The third-order valence-electron chi connectivity index (χ3n) is 7.67. The summed E-state index contributed by atoms with van der Waals surface area (Å²) < 4.78 is 6.87. The zero-order valence-corrected chi connectivity index (χ0v) is 24.5. The molecule has 0 fully saturated rings. The van der Waals surface area contributed by atoms with Gasteiger partial charge in [-0.3, -0.25) is 9.59 Å². The second kappa shape index (κ2) is 16.3. The van der Waals surface area contributed by atoms with E-state index in [9.17, 15) is 9.59 Å². The molecule has 1 aliphatic carbocycles. The van der Waals surface area contributed by atoms with Gasteiger partial charge >= 0.3 is 5.97 Å². The van der Waals surface area contributed by atoms with E-state index in [-0.39, 0.29) is 23.5 Å². The van der Waals surface area contributed by atoms with Gasteiger partial charge < -0.3 is 9.53 Å². The SMILES string of the molecule is CCCCCCCCCC(CCC1=CCC(=O)[C@@H]1CCC=C=CCC(=O)O)O[Si](C)(C)C(C)(C)C. The topological polar surface area (TPSA) is 63.6 Å². The molecule has 0 aliphatic heterocycles. The summed E-state index contributed by atoms with van der Waals surface area (Å²) in [7, 11) is -1.85. The summed E-state index contributed by atoms with van der Waals surface area (Å²) in [4.78, 5) is 23.1. The van der Waals surface area contributed by atoms with E-state index in [2.05, 4.69) is 52.6 Å². The number of hydrogen-bond donors (Lipinski definition) is 1. The largest absolute Gasteiger partial charge is 0.481 e. The van der Waals surface area contributed by atoms with Gasteiger partial charge in [0.05, 0.1) is 6.42 Å². The molecule has 0 spiro atoms. The number of unbranched alkanes of at least 4 members (excludes halogenated alkanes) is 6. The minimum absolute atomic E-state index is 0.000361. The Hall–Kier alpha value is -1.42. The fraction of sp³-hybridized carbons (Fsp3) is 0.767. The standard InChI is InChI=1S/C30H52O4Si/c1-7-8-9-10-11-12-15-18-26(34-35(5,6)30(2,3)4)23-21-25-22-24-28(31)27(25)19-16-13-14-17-20-29(32)33/h13,17,22,26-27H,7-12,15-16,18-21,23-24H2,1-6H3,(H,32,33)/t14?,26?,27-/m1/s1. The van der Waals surface area contributed by atoms with Crippen molar-refractivity contribution in [1.82, 2.24) is 0 Å². The van der Waals surface area contributed by atoms with Crippen molar-refractivity contribution in [2.75, 3.05) is 0 Å². The average molecular weight is 505 g/mol. The molecule has 0 aromatic rings. The highest BCUT2D eigenvalue weighted by Crippen LogP contribution is 2.39. The molecule has 1 unspecified atom stereocenters. The molecular weight excluding hydrogens is 452 g/mol. The number of aliphatic carboxylic acids is 1. The third-order valence-corrected chi connectivity index (χ3v) is 12.2. The fourth-order valence-electron chi connectivity index (χ4n) is 4.42. The van der Waals surface area contributed by atoms with Crippen molar-refractivity contribution >= 4 is 20.1 Å². The van der Waals surface area contributed by atoms with Crippen molar-refractivity contribution in [2.45, 2.75) is 142 Å². The van der Waals surface area contributed by atoms with Gasteiger partial charge in [0.15, 0.2) is 8.32 Å². The van der Waals surface area contributed by atoms with E-state index in [0.717, 1.165) is 32.1 Å². The monoisotopic (exact) mass is 504 g/mol. The van der Waals surface area contributed by atoms with Crippen molar-refractivity contribution in [3.05, 3.63) is 29.5 Å². The van der Waals surface area contributed by atoms with Crippen LogP contribution in [0.2, 0.25) is 18.1 Å². The first-order valence-electron chi connectivity index (χ1n) is 14.0. The number of carboxylic acids is 1. The molecule has 1 N–H and O–H groups in total. The number of carbonyl (C=O) groups excluding carboxylic acids is 1. The minimum Gasteiger partial charge on any atom is -0.481 e. The van der Waals surface area contributed by atoms with Gasteiger partial charge in [0, 0.05) is 18.4 Å². The van der Waals surface area contributed by atoms with Gasteiger partial charge in [-0.05, 0) is 62.4 Å². The summed E-state index contributed by atoms with van der Waals surface area (Å²) in [5.41, 5.74) is 4.21. The van der Waals surface area contributed by atoms with E-state index in [1.54, 1.807) is 0 Å². The summed E-state index contributed by atoms with van der Waals surface area (Å²) >= 11 is 0. The predicted octanol–water partition coefficient (Wildman–Crippen LogP) is 8.78. The van der Waals surface area contributed by atoms with Crippen LogP contribution in [0, 0.1) is 5.92 Å². The first-order valence-corrected chi connectivity index (χ1v) is 16.9. The zero-order valence-electron chi connectivity index (χ0n) is 23.5. The number of Topliss-reactive ketones (excluding diaryl/α,β-unsaturated/α-hetero) is 1. The molecule has 0 aromatic carbocycles. The lowest BCUT2D eigenvalue weighted by molar-refractivity contribution is -0.136. The van der Waals surface area contributed by atoms with Crippen LogP contribution in [0.1, 0.15) is 118 Å². The van der Waals surface area contributed by atoms with Crippen LogP contribution in [0.25, 0.3) is 0 Å². The molecule has 0 amide bonds. The van der Waals surface area contributed by atoms with Crippen LogP contribution in [0.3, 0.4) is 0 Å². The summed E-state index contributed by atoms with van der Waals surface area (Å²) in [6, 6.07) is 0. The Bertz CT molecular complexity index is 738. The second-order valence-electron chi connectivity index (χ2n) is 11.7. The molecule has 0 bridgehead atoms. The summed E-state index contributed by atoms with van der Waals surface area (Å²) in [5, 5.41) is 8.89. The van der Waals surface area contributed by atoms with Crippen LogP contribution < -0.4 is 0 Å². The molecule has 4 nitrogen and oxygen atoms in total. The van der Waals surface area contributed by atoms with Crippen LogP contribution in [0.5, 0.6) is 0 Å². The molecule has 2 atom stereocenters. The number of carboxylic acid groups (broad SMARTS) is 1. The molecule has 0 aromatic heterocycles. The van der Waals surface area contributed by atoms with E-state index in [1.807, 2.05) is 6.08 Å². The van der Waals surface area contributed by atoms with E-state index >= 15 is 0 Å². The van der Waals surface area contributed by atoms with Crippen LogP contribution in [-0.4, -0.2) is 31.3 Å². The van der Waals surface area contributed by atoms with Gasteiger partial charge in [0.1, 0.15) is 5.78 Å². The Balaban J connectivity index is 2.65. The lowest BCUT2D eigenvalue weighted by atomic mass is 9.91. The van der Waals surface area contributed by atoms with Gasteiger partial charge in [-0.25, -0.2) is 0 Å². The third kappa shape index (κ3) is 12.9. The lowest BCUT2D eigenvalue weighted by Crippen LogP contribution is -2.44. The molecule has 1 aliphatic rings. The van der Waals surface area contributed by atoms with E-state index in [0.29, 0.717) is 12.2 Å². The van der Waals surface area contributed by atoms with Crippen LogP contribution in [-0.2, 0) is 14.0 Å². The lowest BCUT2D eigenvalue weighted by Gasteiger charge is -2.39. The summed E-state index contributed by atoms with van der Waals surface area (Å²) in [5.74, 6) is -0.537. The summed E-state index contributed by atoms with van der Waals surface area (Å²) in [6.07, 6.45) is 20.1. The normalized spacial score (nSPS) is 17.1. The Morgan fingerprint density at radius 3 is 2.43 bits per heavy atom. The maximum absolute atomic E-state index is 12.5. The van der Waals surface area contributed by atoms with Gasteiger partial charge in [-0.1, -0.05) is 84.3 Å². The second-order valence-corrected chi connectivity index (χ2v) is 16.5. The minimum atomic E-state index is -1.85. The van der Waals surface area contributed by atoms with Crippen molar-refractivity contribution < 1.29 is 19.1 Å². The number of ketones is 1. The van der Waals surface area contributed by atoms with E-state index < -0.39 is 14.3 Å². The molecular formula is C30H52O4Si. The number of hydrogen-bond acceptors (Lipinski definition) is 3. The average Bonchev–Trinajstić information content (AvgIpc) is 3.11.